The van der Waals surface area contributed by atoms with Crippen LogP contribution in [-0.2, 0) is 4.79 Å². The normalized spacial score (nSPS) is 23.6. The van der Waals surface area contributed by atoms with E-state index in [9.17, 15) is 4.79 Å². The van der Waals surface area contributed by atoms with Gasteiger partial charge in [-0.1, -0.05) is 0 Å². The first-order chi connectivity index (χ1) is 8.82. The molecular weight excluding hydrogens is 238 g/mol. The molecule has 112 valence electrons. The van der Waals surface area contributed by atoms with Crippen molar-refractivity contribution in [2.24, 2.45) is 0 Å². The number of rotatable bonds is 6. The van der Waals surface area contributed by atoms with Crippen LogP contribution in [0.2, 0.25) is 0 Å². The maximum Gasteiger partial charge on any atom is 0.239 e. The number of hydrogen-bond donors (Lipinski definition) is 1. The highest BCUT2D eigenvalue weighted by Crippen LogP contribution is 2.18. The van der Waals surface area contributed by atoms with E-state index in [1.165, 1.54) is 0 Å². The molecule has 0 aliphatic carbocycles. The Morgan fingerprint density at radius 2 is 1.74 bits per heavy atom. The summed E-state index contributed by atoms with van der Waals surface area (Å²) < 4.78 is 0. The van der Waals surface area contributed by atoms with Gasteiger partial charge < -0.3 is 10.2 Å². The Morgan fingerprint density at radius 1 is 1.16 bits per heavy atom. The van der Waals surface area contributed by atoms with Crippen molar-refractivity contribution in [3.05, 3.63) is 0 Å². The Labute approximate surface area is 118 Å². The first-order valence-electron chi connectivity index (χ1n) is 7.55. The van der Waals surface area contributed by atoms with Crippen LogP contribution >= 0.6 is 0 Å². The molecule has 0 radical (unpaired) electrons. The minimum Gasteiger partial charge on any atom is -0.347 e. The van der Waals surface area contributed by atoms with Gasteiger partial charge in [0.15, 0.2) is 0 Å². The molecule has 0 aromatic rings. The van der Waals surface area contributed by atoms with Crippen molar-refractivity contribution in [2.45, 2.75) is 71.1 Å². The minimum atomic E-state index is 0.0338. The van der Waals surface area contributed by atoms with Crippen LogP contribution in [0.3, 0.4) is 0 Å². The van der Waals surface area contributed by atoms with Crippen molar-refractivity contribution in [1.82, 2.24) is 15.1 Å². The minimum absolute atomic E-state index is 0.0338. The van der Waals surface area contributed by atoms with Crippen LogP contribution in [0.25, 0.3) is 0 Å². The van der Waals surface area contributed by atoms with Crippen molar-refractivity contribution in [2.75, 3.05) is 20.6 Å². The quantitative estimate of drug-likeness (QED) is 0.797. The second kappa shape index (κ2) is 7.25. The van der Waals surface area contributed by atoms with Crippen molar-refractivity contribution in [3.8, 4) is 0 Å². The van der Waals surface area contributed by atoms with Gasteiger partial charge in [0.2, 0.25) is 5.91 Å². The molecule has 0 aromatic heterocycles. The monoisotopic (exact) mass is 269 g/mol. The molecular formula is C15H31N3O. The largest absolute Gasteiger partial charge is 0.347 e. The molecule has 19 heavy (non-hydrogen) atoms. The van der Waals surface area contributed by atoms with Gasteiger partial charge in [0.25, 0.3) is 0 Å². The highest BCUT2D eigenvalue weighted by atomic mass is 16.2. The van der Waals surface area contributed by atoms with Gasteiger partial charge >= 0.3 is 0 Å². The molecule has 4 nitrogen and oxygen atoms in total. The van der Waals surface area contributed by atoms with Gasteiger partial charge in [-0.2, -0.15) is 0 Å². The van der Waals surface area contributed by atoms with Crippen LogP contribution in [-0.4, -0.2) is 60.5 Å². The Hall–Kier alpha value is -0.610. The van der Waals surface area contributed by atoms with E-state index in [2.05, 4.69) is 37.9 Å². The molecule has 1 N–H and O–H groups in total. The highest BCUT2D eigenvalue weighted by molar-refractivity contribution is 5.81. The zero-order valence-corrected chi connectivity index (χ0v) is 13.4. The zero-order valence-electron chi connectivity index (χ0n) is 13.4. The zero-order chi connectivity index (χ0) is 14.6. The maximum absolute atomic E-state index is 11.9. The van der Waals surface area contributed by atoms with Gasteiger partial charge in [-0.15, -0.1) is 0 Å². The predicted molar refractivity (Wildman–Crippen MR) is 80.2 cm³/mol. The SMILES string of the molecule is CC(C)N(CCC1CCC(C(=O)N(C)C)N1)C(C)C. The van der Waals surface area contributed by atoms with Gasteiger partial charge in [0.1, 0.15) is 0 Å². The summed E-state index contributed by atoms with van der Waals surface area (Å²) in [7, 11) is 3.66. The second-order valence-electron chi connectivity index (χ2n) is 6.44. The molecule has 2 unspecified atom stereocenters. The lowest BCUT2D eigenvalue weighted by molar-refractivity contribution is -0.130. The number of amides is 1. The lowest BCUT2D eigenvalue weighted by Gasteiger charge is -2.31. The summed E-state index contributed by atoms with van der Waals surface area (Å²) in [5, 5.41) is 3.49. The Bertz CT molecular complexity index is 281. The number of carbonyl (C=O) groups is 1. The van der Waals surface area contributed by atoms with E-state index in [0.717, 1.165) is 25.8 Å². The van der Waals surface area contributed by atoms with E-state index in [1.807, 2.05) is 14.1 Å². The summed E-state index contributed by atoms with van der Waals surface area (Å²) in [4.78, 5) is 16.1. The summed E-state index contributed by atoms with van der Waals surface area (Å²) in [5.74, 6) is 0.215. The van der Waals surface area contributed by atoms with E-state index >= 15 is 0 Å². The maximum atomic E-state index is 11.9. The summed E-state index contributed by atoms with van der Waals surface area (Å²) in [5.41, 5.74) is 0. The van der Waals surface area contributed by atoms with Crippen LogP contribution in [0.5, 0.6) is 0 Å². The molecule has 1 aliphatic rings. The molecule has 1 heterocycles. The summed E-state index contributed by atoms with van der Waals surface area (Å²) >= 11 is 0. The number of hydrogen-bond acceptors (Lipinski definition) is 3. The van der Waals surface area contributed by atoms with Crippen molar-refractivity contribution >= 4 is 5.91 Å². The van der Waals surface area contributed by atoms with Crippen LogP contribution in [0, 0.1) is 0 Å². The number of nitrogens with one attached hydrogen (secondary N) is 1. The number of nitrogens with zero attached hydrogens (tertiary/aromatic N) is 2. The lowest BCUT2D eigenvalue weighted by Crippen LogP contribution is -2.44. The van der Waals surface area contributed by atoms with Gasteiger partial charge in [0, 0.05) is 38.8 Å². The fraction of sp³-hybridized carbons (Fsp3) is 0.933. The van der Waals surface area contributed by atoms with Gasteiger partial charge in [0.05, 0.1) is 6.04 Å². The first-order valence-corrected chi connectivity index (χ1v) is 7.55. The summed E-state index contributed by atoms with van der Waals surface area (Å²) in [6.45, 7) is 10.1. The molecule has 4 heteroatoms. The fourth-order valence-corrected chi connectivity index (χ4v) is 2.97. The van der Waals surface area contributed by atoms with Crippen LogP contribution in [0.15, 0.2) is 0 Å². The van der Waals surface area contributed by atoms with Crippen LogP contribution in [0.1, 0.15) is 47.0 Å². The second-order valence-corrected chi connectivity index (χ2v) is 6.44. The third-order valence-corrected chi connectivity index (χ3v) is 4.04. The molecule has 1 aliphatic heterocycles. The fourth-order valence-electron chi connectivity index (χ4n) is 2.97. The van der Waals surface area contributed by atoms with E-state index in [4.69, 9.17) is 0 Å². The third-order valence-electron chi connectivity index (χ3n) is 4.04. The third kappa shape index (κ3) is 4.77. The number of likely N-dealkylation sites (N-methyl/N-ethyl adjacent to an activating group) is 1. The highest BCUT2D eigenvalue weighted by Gasteiger charge is 2.30. The molecule has 1 rings (SSSR count). The standard InChI is InChI=1S/C15H31N3O/c1-11(2)18(12(3)4)10-9-13-7-8-14(16-13)15(19)17(5)6/h11-14,16H,7-10H2,1-6H3. The molecule has 0 bridgehead atoms. The molecule has 2 atom stereocenters. The van der Waals surface area contributed by atoms with Crippen molar-refractivity contribution in [3.63, 3.8) is 0 Å². The van der Waals surface area contributed by atoms with E-state index in [0.29, 0.717) is 18.1 Å². The predicted octanol–water partition coefficient (Wildman–Crippen LogP) is 1.70. The van der Waals surface area contributed by atoms with Crippen molar-refractivity contribution in [1.29, 1.82) is 0 Å². The molecule has 1 saturated heterocycles. The first kappa shape index (κ1) is 16.4. The van der Waals surface area contributed by atoms with Crippen LogP contribution < -0.4 is 5.32 Å². The average molecular weight is 269 g/mol. The molecule has 0 aromatic carbocycles. The Kier molecular flexibility index (Phi) is 6.27. The number of carbonyl (C=O) groups excluding carboxylic acids is 1. The van der Waals surface area contributed by atoms with E-state index < -0.39 is 0 Å². The summed E-state index contributed by atoms with van der Waals surface area (Å²) in [6, 6.07) is 1.70. The smallest absolute Gasteiger partial charge is 0.239 e. The summed E-state index contributed by atoms with van der Waals surface area (Å²) in [6.07, 6.45) is 3.23. The Balaban J connectivity index is 2.38. The van der Waals surface area contributed by atoms with Crippen LogP contribution in [0.4, 0.5) is 0 Å². The topological polar surface area (TPSA) is 35.6 Å². The lowest BCUT2D eigenvalue weighted by atomic mass is 10.1. The van der Waals surface area contributed by atoms with E-state index in [-0.39, 0.29) is 11.9 Å². The molecule has 0 spiro atoms. The Morgan fingerprint density at radius 3 is 2.21 bits per heavy atom. The van der Waals surface area contributed by atoms with Gasteiger partial charge in [-0.05, 0) is 47.0 Å². The van der Waals surface area contributed by atoms with Gasteiger partial charge in [-0.25, -0.2) is 0 Å². The average Bonchev–Trinajstić information content (AvgIpc) is 2.75. The van der Waals surface area contributed by atoms with Crippen molar-refractivity contribution < 1.29 is 4.79 Å². The molecule has 0 saturated carbocycles. The van der Waals surface area contributed by atoms with Gasteiger partial charge in [-0.3, -0.25) is 9.69 Å². The van der Waals surface area contributed by atoms with E-state index in [1.54, 1.807) is 4.90 Å². The molecule has 1 amide bonds. The molecule has 1 fully saturated rings.